The van der Waals surface area contributed by atoms with Crippen molar-refractivity contribution in [2.45, 2.75) is 50.7 Å². The Balaban J connectivity index is 1.31. The van der Waals surface area contributed by atoms with Gasteiger partial charge in [0.2, 0.25) is 17.7 Å². The predicted octanol–water partition coefficient (Wildman–Crippen LogP) is 3.72. The Kier molecular flexibility index (Phi) is 6.62. The Morgan fingerprint density at radius 2 is 1.78 bits per heavy atom. The minimum Gasteiger partial charge on any atom is -0.474 e. The van der Waals surface area contributed by atoms with Crippen LogP contribution in [0.5, 0.6) is 5.88 Å². The zero-order valence-corrected chi connectivity index (χ0v) is 20.4. The van der Waals surface area contributed by atoms with Crippen LogP contribution < -0.4 is 9.64 Å². The van der Waals surface area contributed by atoms with E-state index in [1.807, 2.05) is 9.80 Å². The minimum atomic E-state index is -2.78. The van der Waals surface area contributed by atoms with Crippen molar-refractivity contribution >= 4 is 22.9 Å². The highest BCUT2D eigenvalue weighted by atomic mass is 19.3. The standard InChI is InChI=1S/C26H29F2N6O3/c27-24(28)25-29-19-4-1-2-5-20(19)34(25)21-16-22(31-26(30-21)32-12-14-36-15-13-32)37-18-9-7-17(8-10-18)33-11-3-6-23(33)35/h1-2,4-6,16-18,24H,3,7-15H2/t17-,18-. The van der Waals surface area contributed by atoms with Crippen LogP contribution in [0.1, 0.15) is 44.4 Å². The van der Waals surface area contributed by atoms with Gasteiger partial charge in [-0.1, -0.05) is 12.1 Å². The molecule has 2 aromatic heterocycles. The molecular weight excluding hydrogens is 482 g/mol. The number of rotatable bonds is 6. The van der Waals surface area contributed by atoms with Gasteiger partial charge in [0.25, 0.3) is 6.43 Å². The molecular formula is C26H29F2N6O3. The molecule has 37 heavy (non-hydrogen) atoms. The first-order valence-corrected chi connectivity index (χ1v) is 12.8. The fourth-order valence-corrected chi connectivity index (χ4v) is 5.48. The molecule has 0 N–H and O–H groups in total. The summed E-state index contributed by atoms with van der Waals surface area (Å²) in [6, 6.07) is 8.88. The summed E-state index contributed by atoms with van der Waals surface area (Å²) in [7, 11) is 0. The first kappa shape index (κ1) is 24.0. The second kappa shape index (κ2) is 10.2. The number of halogens is 2. The predicted molar refractivity (Wildman–Crippen MR) is 132 cm³/mol. The Morgan fingerprint density at radius 3 is 2.51 bits per heavy atom. The van der Waals surface area contributed by atoms with Crippen molar-refractivity contribution in [2.75, 3.05) is 37.7 Å². The van der Waals surface area contributed by atoms with Gasteiger partial charge in [-0.05, 0) is 44.2 Å². The Bertz CT molecular complexity index is 1270. The van der Waals surface area contributed by atoms with Crippen LogP contribution in [0, 0.1) is 6.42 Å². The fourth-order valence-electron chi connectivity index (χ4n) is 5.48. The molecule has 1 aliphatic carbocycles. The molecule has 1 radical (unpaired) electrons. The minimum absolute atomic E-state index is 0.0766. The van der Waals surface area contributed by atoms with Gasteiger partial charge in [-0.3, -0.25) is 9.36 Å². The number of morpholine rings is 1. The maximum absolute atomic E-state index is 14.1. The van der Waals surface area contributed by atoms with E-state index in [4.69, 9.17) is 9.47 Å². The maximum atomic E-state index is 14.1. The van der Waals surface area contributed by atoms with Crippen LogP contribution in [0.4, 0.5) is 14.7 Å². The van der Waals surface area contributed by atoms with Gasteiger partial charge in [-0.2, -0.15) is 9.97 Å². The molecule has 6 rings (SSSR count). The maximum Gasteiger partial charge on any atom is 0.296 e. The van der Waals surface area contributed by atoms with Crippen molar-refractivity contribution in [1.29, 1.82) is 0 Å². The number of amides is 1. The normalized spacial score (nSPS) is 22.8. The molecule has 195 valence electrons. The third-order valence-corrected chi connectivity index (χ3v) is 7.33. The number of carbonyl (C=O) groups is 1. The lowest BCUT2D eigenvalue weighted by atomic mass is 9.92. The topological polar surface area (TPSA) is 85.6 Å². The Labute approximate surface area is 213 Å². The third-order valence-electron chi connectivity index (χ3n) is 7.33. The number of benzene rings is 1. The van der Waals surface area contributed by atoms with E-state index in [-0.39, 0.29) is 23.9 Å². The molecule has 9 nitrogen and oxygen atoms in total. The number of hydrogen-bond donors (Lipinski definition) is 0. The lowest BCUT2D eigenvalue weighted by molar-refractivity contribution is -0.128. The van der Waals surface area contributed by atoms with Crippen LogP contribution in [0.25, 0.3) is 16.9 Å². The first-order valence-electron chi connectivity index (χ1n) is 12.8. The molecule has 1 aromatic carbocycles. The highest BCUT2D eigenvalue weighted by molar-refractivity contribution is 5.87. The number of imidazole rings is 1. The molecule has 11 heteroatoms. The van der Waals surface area contributed by atoms with Gasteiger partial charge in [-0.15, -0.1) is 0 Å². The Morgan fingerprint density at radius 1 is 1.00 bits per heavy atom. The van der Waals surface area contributed by atoms with Gasteiger partial charge in [-0.25, -0.2) is 13.8 Å². The van der Waals surface area contributed by atoms with Gasteiger partial charge in [0.05, 0.1) is 30.7 Å². The van der Waals surface area contributed by atoms with Crippen LogP contribution in [-0.2, 0) is 9.53 Å². The summed E-state index contributed by atoms with van der Waals surface area (Å²) in [6.45, 7) is 3.06. The number of alkyl halides is 2. The number of carbonyl (C=O) groups excluding carboxylic acids is 1. The van der Waals surface area contributed by atoms with Gasteiger partial charge < -0.3 is 19.3 Å². The number of aromatic nitrogens is 4. The van der Waals surface area contributed by atoms with E-state index >= 15 is 0 Å². The van der Waals surface area contributed by atoms with E-state index in [1.54, 1.807) is 36.8 Å². The van der Waals surface area contributed by atoms with Crippen molar-refractivity contribution in [3.05, 3.63) is 42.6 Å². The van der Waals surface area contributed by atoms with Crippen molar-refractivity contribution in [1.82, 2.24) is 24.4 Å². The van der Waals surface area contributed by atoms with Gasteiger partial charge in [0.1, 0.15) is 11.9 Å². The number of nitrogens with zero attached hydrogens (tertiary/aromatic N) is 6. The SMILES string of the molecule is O=C1[CH]CCN1[C@H]1CC[C@H](Oc2cc(-n3c(C(F)F)nc4ccccc43)nc(N3CCOCC3)n2)CC1. The quantitative estimate of drug-likeness (QED) is 0.499. The summed E-state index contributed by atoms with van der Waals surface area (Å²) >= 11 is 0. The molecule has 3 fully saturated rings. The molecule has 3 aliphatic rings. The summed E-state index contributed by atoms with van der Waals surface area (Å²) in [5.74, 6) is 0.815. The smallest absolute Gasteiger partial charge is 0.296 e. The van der Waals surface area contributed by atoms with Crippen LogP contribution >= 0.6 is 0 Å². The summed E-state index contributed by atoms with van der Waals surface area (Å²) in [4.78, 5) is 29.6. The molecule has 4 heterocycles. The largest absolute Gasteiger partial charge is 0.474 e. The van der Waals surface area contributed by atoms with E-state index in [0.29, 0.717) is 55.0 Å². The highest BCUT2D eigenvalue weighted by Gasteiger charge is 2.32. The van der Waals surface area contributed by atoms with Crippen LogP contribution in [-0.4, -0.2) is 75.3 Å². The van der Waals surface area contributed by atoms with Crippen LogP contribution in [0.15, 0.2) is 30.3 Å². The average Bonchev–Trinajstić information content (AvgIpc) is 3.53. The van der Waals surface area contributed by atoms with E-state index < -0.39 is 6.43 Å². The Hall–Kier alpha value is -3.34. The highest BCUT2D eigenvalue weighted by Crippen LogP contribution is 2.32. The van der Waals surface area contributed by atoms with Gasteiger partial charge in [0, 0.05) is 31.7 Å². The average molecular weight is 512 g/mol. The number of para-hydroxylation sites is 2. The number of likely N-dealkylation sites (tertiary alicyclic amines) is 1. The van der Waals surface area contributed by atoms with E-state index in [2.05, 4.69) is 15.0 Å². The molecule has 2 aliphatic heterocycles. The van der Waals surface area contributed by atoms with Crippen LogP contribution in [0.3, 0.4) is 0 Å². The number of hydrogen-bond acceptors (Lipinski definition) is 7. The van der Waals surface area contributed by atoms with E-state index in [1.165, 1.54) is 4.57 Å². The molecule has 0 unspecified atom stereocenters. The summed E-state index contributed by atoms with van der Waals surface area (Å²) in [5.41, 5.74) is 1.02. The zero-order valence-electron chi connectivity index (χ0n) is 20.4. The monoisotopic (exact) mass is 511 g/mol. The van der Waals surface area contributed by atoms with Crippen molar-refractivity contribution < 1.29 is 23.0 Å². The zero-order chi connectivity index (χ0) is 25.4. The second-order valence-electron chi connectivity index (χ2n) is 9.63. The summed E-state index contributed by atoms with van der Waals surface area (Å²) in [6.07, 6.45) is 3.01. The van der Waals surface area contributed by atoms with Gasteiger partial charge in [0.15, 0.2) is 5.82 Å². The van der Waals surface area contributed by atoms with Crippen molar-refractivity contribution in [3.63, 3.8) is 0 Å². The summed E-state index contributed by atoms with van der Waals surface area (Å²) in [5, 5.41) is 0. The fraction of sp³-hybridized carbons (Fsp3) is 0.500. The number of anilines is 1. The van der Waals surface area contributed by atoms with Crippen molar-refractivity contribution in [3.8, 4) is 11.7 Å². The molecule has 2 saturated heterocycles. The molecule has 3 aromatic rings. The second-order valence-corrected chi connectivity index (χ2v) is 9.63. The van der Waals surface area contributed by atoms with Gasteiger partial charge >= 0.3 is 0 Å². The molecule has 1 saturated carbocycles. The third kappa shape index (κ3) is 4.84. The number of fused-ring (bicyclic) bond motifs is 1. The molecule has 0 bridgehead atoms. The first-order chi connectivity index (χ1) is 18.1. The van der Waals surface area contributed by atoms with Crippen LogP contribution in [0.2, 0.25) is 0 Å². The molecule has 0 atom stereocenters. The van der Waals surface area contributed by atoms with E-state index in [0.717, 1.165) is 38.6 Å². The molecule has 1 amide bonds. The van der Waals surface area contributed by atoms with E-state index in [9.17, 15) is 13.6 Å². The summed E-state index contributed by atoms with van der Waals surface area (Å²) < 4.78 is 41.3. The lowest BCUT2D eigenvalue weighted by Gasteiger charge is -2.34. The van der Waals surface area contributed by atoms with Crippen molar-refractivity contribution in [2.24, 2.45) is 0 Å². The molecule has 0 spiro atoms. The lowest BCUT2D eigenvalue weighted by Crippen LogP contribution is -2.41. The number of ether oxygens (including phenoxy) is 2.